The molecule has 2 aromatic carbocycles. The second kappa shape index (κ2) is 8.47. The first-order valence-corrected chi connectivity index (χ1v) is 8.31. The quantitative estimate of drug-likeness (QED) is 0.760. The van der Waals surface area contributed by atoms with Crippen molar-refractivity contribution in [1.29, 1.82) is 0 Å². The van der Waals surface area contributed by atoms with Gasteiger partial charge in [0.1, 0.15) is 17.0 Å². The molecule has 1 unspecified atom stereocenters. The van der Waals surface area contributed by atoms with E-state index in [1.807, 2.05) is 0 Å². The van der Waals surface area contributed by atoms with Gasteiger partial charge in [0.05, 0.1) is 13.5 Å². The number of ether oxygens (including phenoxy) is 1. The molecule has 0 aliphatic carbocycles. The zero-order chi connectivity index (χ0) is 19.2. The zero-order valence-corrected chi connectivity index (χ0v) is 14.8. The van der Waals surface area contributed by atoms with E-state index in [2.05, 4.69) is 5.32 Å². The van der Waals surface area contributed by atoms with Crippen molar-refractivity contribution >= 4 is 11.9 Å². The summed E-state index contributed by atoms with van der Waals surface area (Å²) in [6.07, 6.45) is 0.213. The number of halogens is 1. The fraction of sp³-hybridized carbons (Fsp3) is 0.300. The van der Waals surface area contributed by atoms with Crippen molar-refractivity contribution in [2.45, 2.75) is 25.2 Å². The minimum absolute atomic E-state index is 0.0562. The van der Waals surface area contributed by atoms with Gasteiger partial charge >= 0.3 is 5.97 Å². The van der Waals surface area contributed by atoms with Crippen LogP contribution in [-0.4, -0.2) is 30.6 Å². The van der Waals surface area contributed by atoms with Gasteiger partial charge in [-0.05, 0) is 30.2 Å². The standard InChI is InChI=1S/C20H22FNO4/c1-3-20(19(24)25,15-7-5-4-6-8-15)13-22-18(23)12-14-11-16(21)9-10-17(14)26-2/h4-11H,3,12-13H2,1-2H3,(H,22,23)(H,24,25). The fourth-order valence-corrected chi connectivity index (χ4v) is 2.91. The predicted molar refractivity (Wildman–Crippen MR) is 95.7 cm³/mol. The molecule has 0 bridgehead atoms. The summed E-state index contributed by atoms with van der Waals surface area (Å²) in [6, 6.07) is 12.8. The molecule has 2 rings (SSSR count). The molecular formula is C20H22FNO4. The Hall–Kier alpha value is -2.89. The monoisotopic (exact) mass is 359 g/mol. The molecule has 1 amide bonds. The maximum absolute atomic E-state index is 13.4. The molecule has 0 fully saturated rings. The number of carboxylic acids is 1. The number of rotatable bonds is 8. The third kappa shape index (κ3) is 4.20. The van der Waals surface area contributed by atoms with Crippen molar-refractivity contribution < 1.29 is 23.8 Å². The van der Waals surface area contributed by atoms with Crippen LogP contribution in [0.25, 0.3) is 0 Å². The van der Waals surface area contributed by atoms with Gasteiger partial charge < -0.3 is 15.2 Å². The van der Waals surface area contributed by atoms with Crippen molar-refractivity contribution in [2.24, 2.45) is 0 Å². The molecule has 2 N–H and O–H groups in total. The largest absolute Gasteiger partial charge is 0.496 e. The van der Waals surface area contributed by atoms with Crippen molar-refractivity contribution in [3.8, 4) is 5.75 Å². The van der Waals surface area contributed by atoms with Crippen LogP contribution in [0.2, 0.25) is 0 Å². The molecule has 26 heavy (non-hydrogen) atoms. The summed E-state index contributed by atoms with van der Waals surface area (Å²) in [5.41, 5.74) is -0.191. The summed E-state index contributed by atoms with van der Waals surface area (Å²) >= 11 is 0. The SMILES string of the molecule is CCC(CNC(=O)Cc1cc(F)ccc1OC)(C(=O)O)c1ccccc1. The number of aliphatic carboxylic acids is 1. The molecule has 5 nitrogen and oxygen atoms in total. The van der Waals surface area contributed by atoms with Crippen molar-refractivity contribution in [3.05, 3.63) is 65.5 Å². The summed E-state index contributed by atoms with van der Waals surface area (Å²) in [5.74, 6) is -1.46. The number of amides is 1. The van der Waals surface area contributed by atoms with Gasteiger partial charge in [-0.15, -0.1) is 0 Å². The Morgan fingerprint density at radius 3 is 2.46 bits per heavy atom. The highest BCUT2D eigenvalue weighted by molar-refractivity contribution is 5.84. The van der Waals surface area contributed by atoms with Gasteiger partial charge in [0, 0.05) is 12.1 Å². The second-order valence-electron chi connectivity index (χ2n) is 6.02. The van der Waals surface area contributed by atoms with E-state index in [9.17, 15) is 19.1 Å². The van der Waals surface area contributed by atoms with Crippen LogP contribution in [0.4, 0.5) is 4.39 Å². The first kappa shape index (κ1) is 19.4. The highest BCUT2D eigenvalue weighted by Crippen LogP contribution is 2.28. The number of hydrogen-bond donors (Lipinski definition) is 2. The maximum Gasteiger partial charge on any atom is 0.315 e. The zero-order valence-electron chi connectivity index (χ0n) is 14.8. The molecule has 0 aromatic heterocycles. The molecular weight excluding hydrogens is 337 g/mol. The molecule has 0 aliphatic heterocycles. The summed E-state index contributed by atoms with van der Waals surface area (Å²) in [5, 5.41) is 12.5. The Balaban J connectivity index is 2.16. The lowest BCUT2D eigenvalue weighted by Crippen LogP contribution is -2.46. The van der Waals surface area contributed by atoms with E-state index in [4.69, 9.17) is 4.74 Å². The highest BCUT2D eigenvalue weighted by atomic mass is 19.1. The van der Waals surface area contributed by atoms with E-state index in [1.54, 1.807) is 37.3 Å². The number of methoxy groups -OCH3 is 1. The van der Waals surface area contributed by atoms with Crippen molar-refractivity contribution in [2.75, 3.05) is 13.7 Å². The first-order chi connectivity index (χ1) is 12.4. The third-order valence-electron chi connectivity index (χ3n) is 4.52. The predicted octanol–water partition coefficient (Wildman–Crippen LogP) is 2.93. The van der Waals surface area contributed by atoms with Crippen molar-refractivity contribution in [1.82, 2.24) is 5.32 Å². The Kier molecular flexibility index (Phi) is 6.33. The Morgan fingerprint density at radius 2 is 1.88 bits per heavy atom. The molecule has 0 spiro atoms. The van der Waals surface area contributed by atoms with Crippen LogP contribution in [0.1, 0.15) is 24.5 Å². The van der Waals surface area contributed by atoms with Crippen LogP contribution >= 0.6 is 0 Å². The molecule has 138 valence electrons. The number of carboxylic acid groups (broad SMARTS) is 1. The lowest BCUT2D eigenvalue weighted by molar-refractivity contribution is -0.144. The van der Waals surface area contributed by atoms with Crippen LogP contribution in [0.15, 0.2) is 48.5 Å². The molecule has 1 atom stereocenters. The third-order valence-corrected chi connectivity index (χ3v) is 4.52. The molecule has 0 radical (unpaired) electrons. The van der Waals surface area contributed by atoms with Gasteiger partial charge in [-0.2, -0.15) is 0 Å². The molecule has 6 heteroatoms. The normalized spacial score (nSPS) is 12.9. The average molecular weight is 359 g/mol. The summed E-state index contributed by atoms with van der Waals surface area (Å²) in [6.45, 7) is 1.71. The number of nitrogens with one attached hydrogen (secondary N) is 1. The van der Waals surface area contributed by atoms with E-state index < -0.39 is 23.1 Å². The van der Waals surface area contributed by atoms with E-state index >= 15 is 0 Å². The van der Waals surface area contributed by atoms with E-state index in [-0.39, 0.29) is 13.0 Å². The van der Waals surface area contributed by atoms with E-state index in [0.29, 0.717) is 23.3 Å². The number of benzene rings is 2. The smallest absolute Gasteiger partial charge is 0.315 e. The number of carbonyl (C=O) groups excluding carboxylic acids is 1. The topological polar surface area (TPSA) is 75.6 Å². The van der Waals surface area contributed by atoms with Gasteiger partial charge in [-0.1, -0.05) is 37.3 Å². The average Bonchev–Trinajstić information content (AvgIpc) is 2.63. The first-order valence-electron chi connectivity index (χ1n) is 8.31. The lowest BCUT2D eigenvalue weighted by Gasteiger charge is -2.29. The van der Waals surface area contributed by atoms with Gasteiger partial charge in [0.15, 0.2) is 0 Å². The number of hydrogen-bond acceptors (Lipinski definition) is 3. The van der Waals surface area contributed by atoms with Crippen LogP contribution < -0.4 is 10.1 Å². The summed E-state index contributed by atoms with van der Waals surface area (Å²) in [7, 11) is 1.44. The van der Waals surface area contributed by atoms with Gasteiger partial charge in [0.2, 0.25) is 5.91 Å². The van der Waals surface area contributed by atoms with Gasteiger partial charge in [-0.25, -0.2) is 4.39 Å². The molecule has 0 aliphatic rings. The van der Waals surface area contributed by atoms with Crippen molar-refractivity contribution in [3.63, 3.8) is 0 Å². The minimum Gasteiger partial charge on any atom is -0.496 e. The van der Waals surface area contributed by atoms with Crippen LogP contribution in [0.3, 0.4) is 0 Å². The number of carbonyl (C=O) groups is 2. The fourth-order valence-electron chi connectivity index (χ4n) is 2.91. The Morgan fingerprint density at radius 1 is 1.19 bits per heavy atom. The highest BCUT2D eigenvalue weighted by Gasteiger charge is 2.38. The second-order valence-corrected chi connectivity index (χ2v) is 6.02. The van der Waals surface area contributed by atoms with Gasteiger partial charge in [-0.3, -0.25) is 9.59 Å². The molecule has 0 heterocycles. The summed E-state index contributed by atoms with van der Waals surface area (Å²) < 4.78 is 18.6. The van der Waals surface area contributed by atoms with Crippen LogP contribution in [0.5, 0.6) is 5.75 Å². The van der Waals surface area contributed by atoms with Crippen LogP contribution in [-0.2, 0) is 21.4 Å². The molecule has 0 saturated heterocycles. The van der Waals surface area contributed by atoms with E-state index in [0.717, 1.165) is 0 Å². The molecule has 2 aromatic rings. The Labute approximate surface area is 151 Å². The van der Waals surface area contributed by atoms with Gasteiger partial charge in [0.25, 0.3) is 0 Å². The van der Waals surface area contributed by atoms with E-state index in [1.165, 1.54) is 25.3 Å². The lowest BCUT2D eigenvalue weighted by atomic mass is 9.78. The Bertz CT molecular complexity index is 779. The molecule has 0 saturated carbocycles. The maximum atomic E-state index is 13.4. The van der Waals surface area contributed by atoms with Crippen LogP contribution in [0, 0.1) is 5.82 Å². The summed E-state index contributed by atoms with van der Waals surface area (Å²) in [4.78, 5) is 24.3. The minimum atomic E-state index is -1.22.